The third-order valence-electron chi connectivity index (χ3n) is 1.98. The second-order valence-electron chi connectivity index (χ2n) is 3.22. The highest BCUT2D eigenvalue weighted by Crippen LogP contribution is 2.17. The molecule has 2 N–H and O–H groups in total. The Morgan fingerprint density at radius 2 is 2.00 bits per heavy atom. The molecule has 1 atom stereocenters. The van der Waals surface area contributed by atoms with E-state index < -0.39 is 11.0 Å². The van der Waals surface area contributed by atoms with Crippen molar-refractivity contribution < 1.29 is 19.9 Å². The zero-order valence-corrected chi connectivity index (χ0v) is 8.57. The van der Waals surface area contributed by atoms with Gasteiger partial charge in [-0.1, -0.05) is 0 Å². The number of aliphatic hydroxyl groups excluding tert-OH is 2. The maximum absolute atomic E-state index is 10.4. The minimum absolute atomic E-state index is 0.00254. The van der Waals surface area contributed by atoms with E-state index in [-0.39, 0.29) is 18.9 Å². The Balaban J connectivity index is 2.40. The van der Waals surface area contributed by atoms with E-state index in [1.54, 1.807) is 0 Å². The van der Waals surface area contributed by atoms with Crippen LogP contribution in [0.3, 0.4) is 0 Å². The van der Waals surface area contributed by atoms with Crippen molar-refractivity contribution in [3.8, 4) is 5.75 Å². The zero-order chi connectivity index (χ0) is 12.0. The smallest absolute Gasteiger partial charge is 0.269 e. The summed E-state index contributed by atoms with van der Waals surface area (Å²) in [5.41, 5.74) is 0.00254. The van der Waals surface area contributed by atoms with Gasteiger partial charge < -0.3 is 14.9 Å². The number of rotatable bonds is 6. The van der Waals surface area contributed by atoms with Crippen molar-refractivity contribution >= 4 is 5.69 Å². The van der Waals surface area contributed by atoms with E-state index in [1.165, 1.54) is 24.3 Å². The van der Waals surface area contributed by atoms with Crippen molar-refractivity contribution in [1.82, 2.24) is 0 Å². The molecular formula is C10H13NO5. The Morgan fingerprint density at radius 3 is 2.50 bits per heavy atom. The van der Waals surface area contributed by atoms with E-state index in [0.29, 0.717) is 12.2 Å². The molecule has 1 aromatic carbocycles. The maximum atomic E-state index is 10.4. The van der Waals surface area contributed by atoms with E-state index in [0.717, 1.165) is 0 Å². The Kier molecular flexibility index (Phi) is 4.68. The molecule has 1 aromatic rings. The number of ether oxygens (including phenoxy) is 1. The average molecular weight is 227 g/mol. The molecule has 16 heavy (non-hydrogen) atoms. The lowest BCUT2D eigenvalue weighted by Crippen LogP contribution is -2.15. The summed E-state index contributed by atoms with van der Waals surface area (Å²) in [5.74, 6) is 0.496. The third kappa shape index (κ3) is 3.84. The number of nitro groups is 1. The van der Waals surface area contributed by atoms with Gasteiger partial charge in [0.05, 0.1) is 24.2 Å². The second-order valence-corrected chi connectivity index (χ2v) is 3.22. The van der Waals surface area contributed by atoms with E-state index in [9.17, 15) is 10.1 Å². The molecule has 88 valence electrons. The summed E-state index contributed by atoms with van der Waals surface area (Å²) >= 11 is 0. The van der Waals surface area contributed by atoms with Crippen molar-refractivity contribution in [1.29, 1.82) is 0 Å². The molecule has 1 rings (SSSR count). The normalized spacial score (nSPS) is 12.1. The van der Waals surface area contributed by atoms with Crippen LogP contribution in [0.4, 0.5) is 5.69 Å². The van der Waals surface area contributed by atoms with Crippen LogP contribution in [0.5, 0.6) is 5.75 Å². The van der Waals surface area contributed by atoms with Crippen molar-refractivity contribution in [3.63, 3.8) is 0 Å². The standard InChI is InChI=1S/C10H13NO5/c12-7-9(13)5-6-16-10-3-1-8(2-4-10)11(14)15/h1-4,9,12-13H,5-7H2. The van der Waals surface area contributed by atoms with Crippen LogP contribution in [-0.2, 0) is 0 Å². The highest BCUT2D eigenvalue weighted by atomic mass is 16.6. The van der Waals surface area contributed by atoms with E-state index in [1.807, 2.05) is 0 Å². The van der Waals surface area contributed by atoms with Gasteiger partial charge in [-0.05, 0) is 12.1 Å². The molecule has 0 bridgehead atoms. The molecule has 6 heteroatoms. The van der Waals surface area contributed by atoms with Gasteiger partial charge in [-0.3, -0.25) is 10.1 Å². The topological polar surface area (TPSA) is 92.8 Å². The Bertz CT molecular complexity index is 338. The molecule has 0 radical (unpaired) electrons. The molecule has 0 saturated heterocycles. The van der Waals surface area contributed by atoms with E-state index in [2.05, 4.69) is 0 Å². The summed E-state index contributed by atoms with van der Waals surface area (Å²) in [5, 5.41) is 27.9. The first-order valence-corrected chi connectivity index (χ1v) is 4.79. The fraction of sp³-hybridized carbons (Fsp3) is 0.400. The first-order valence-electron chi connectivity index (χ1n) is 4.79. The first-order chi connectivity index (χ1) is 7.63. The minimum atomic E-state index is -0.793. The van der Waals surface area contributed by atoms with Crippen LogP contribution >= 0.6 is 0 Å². The highest BCUT2D eigenvalue weighted by Gasteiger charge is 2.05. The zero-order valence-electron chi connectivity index (χ0n) is 8.57. The first kappa shape index (κ1) is 12.4. The summed E-state index contributed by atoms with van der Waals surface area (Å²) < 4.78 is 5.22. The fourth-order valence-electron chi connectivity index (χ4n) is 1.07. The van der Waals surface area contributed by atoms with Crippen LogP contribution < -0.4 is 4.74 Å². The molecule has 0 saturated carbocycles. The number of non-ortho nitro benzene ring substituents is 1. The Hall–Kier alpha value is -1.66. The molecule has 0 amide bonds. The predicted molar refractivity (Wildman–Crippen MR) is 56.3 cm³/mol. The summed E-state index contributed by atoms with van der Waals surface area (Å²) in [4.78, 5) is 9.87. The van der Waals surface area contributed by atoms with Gasteiger partial charge in [-0.15, -0.1) is 0 Å². The molecule has 0 fully saturated rings. The van der Waals surface area contributed by atoms with Crippen LogP contribution in [0, 0.1) is 10.1 Å². The largest absolute Gasteiger partial charge is 0.493 e. The SMILES string of the molecule is O=[N+]([O-])c1ccc(OCCC(O)CO)cc1. The summed E-state index contributed by atoms with van der Waals surface area (Å²) in [7, 11) is 0. The molecule has 0 heterocycles. The van der Waals surface area contributed by atoms with Gasteiger partial charge in [0.25, 0.3) is 5.69 Å². The van der Waals surface area contributed by atoms with Gasteiger partial charge in [0.15, 0.2) is 0 Å². The maximum Gasteiger partial charge on any atom is 0.269 e. The molecular weight excluding hydrogens is 214 g/mol. The number of aliphatic hydroxyl groups is 2. The van der Waals surface area contributed by atoms with Crippen molar-refractivity contribution in [2.75, 3.05) is 13.2 Å². The summed E-state index contributed by atoms with van der Waals surface area (Å²) in [6.45, 7) is -0.0524. The van der Waals surface area contributed by atoms with Gasteiger partial charge in [-0.25, -0.2) is 0 Å². The Labute approximate surface area is 92.2 Å². The van der Waals surface area contributed by atoms with E-state index in [4.69, 9.17) is 14.9 Å². The summed E-state index contributed by atoms with van der Waals surface area (Å²) in [6.07, 6.45) is -0.480. The van der Waals surface area contributed by atoms with Gasteiger partial charge in [0.1, 0.15) is 5.75 Å². The number of hydrogen-bond donors (Lipinski definition) is 2. The quantitative estimate of drug-likeness (QED) is 0.551. The second kappa shape index (κ2) is 6.04. The molecule has 0 aliphatic heterocycles. The number of nitrogens with zero attached hydrogens (tertiary/aromatic N) is 1. The van der Waals surface area contributed by atoms with Crippen molar-refractivity contribution in [3.05, 3.63) is 34.4 Å². The highest BCUT2D eigenvalue weighted by molar-refractivity contribution is 5.35. The van der Waals surface area contributed by atoms with Crippen LogP contribution in [0.2, 0.25) is 0 Å². The molecule has 1 unspecified atom stereocenters. The lowest BCUT2D eigenvalue weighted by atomic mass is 10.3. The number of benzene rings is 1. The van der Waals surface area contributed by atoms with Crippen LogP contribution in [0.25, 0.3) is 0 Å². The fourth-order valence-corrected chi connectivity index (χ4v) is 1.07. The van der Waals surface area contributed by atoms with Gasteiger partial charge in [-0.2, -0.15) is 0 Å². The van der Waals surface area contributed by atoms with Crippen molar-refractivity contribution in [2.45, 2.75) is 12.5 Å². The van der Waals surface area contributed by atoms with Gasteiger partial charge >= 0.3 is 0 Å². The molecule has 6 nitrogen and oxygen atoms in total. The van der Waals surface area contributed by atoms with Gasteiger partial charge in [0, 0.05) is 18.6 Å². The Morgan fingerprint density at radius 1 is 1.38 bits per heavy atom. The van der Waals surface area contributed by atoms with Crippen LogP contribution in [0.15, 0.2) is 24.3 Å². The van der Waals surface area contributed by atoms with E-state index >= 15 is 0 Å². The number of hydrogen-bond acceptors (Lipinski definition) is 5. The molecule has 0 spiro atoms. The average Bonchev–Trinajstić information content (AvgIpc) is 2.29. The van der Waals surface area contributed by atoms with Crippen molar-refractivity contribution in [2.24, 2.45) is 0 Å². The molecule has 0 aliphatic carbocycles. The summed E-state index contributed by atoms with van der Waals surface area (Å²) in [6, 6.07) is 5.67. The predicted octanol–water partition coefficient (Wildman–Crippen LogP) is 0.717. The van der Waals surface area contributed by atoms with Crippen LogP contribution in [-0.4, -0.2) is 34.5 Å². The lowest BCUT2D eigenvalue weighted by Gasteiger charge is -2.08. The number of nitro benzene ring substituents is 1. The molecule has 0 aliphatic rings. The minimum Gasteiger partial charge on any atom is -0.493 e. The monoisotopic (exact) mass is 227 g/mol. The third-order valence-corrected chi connectivity index (χ3v) is 1.98. The van der Waals surface area contributed by atoms with Crippen LogP contribution in [0.1, 0.15) is 6.42 Å². The lowest BCUT2D eigenvalue weighted by molar-refractivity contribution is -0.384. The van der Waals surface area contributed by atoms with Gasteiger partial charge in [0.2, 0.25) is 0 Å². The molecule has 0 aromatic heterocycles.